The van der Waals surface area contributed by atoms with Gasteiger partial charge in [0.05, 0.1) is 15.7 Å². The van der Waals surface area contributed by atoms with Crippen LogP contribution < -0.4 is 5.32 Å². The van der Waals surface area contributed by atoms with Crippen LogP contribution >= 0.6 is 15.9 Å². The molecule has 5 heteroatoms. The first-order valence-corrected chi connectivity index (χ1v) is 6.33. The number of rotatable bonds is 2. The summed E-state index contributed by atoms with van der Waals surface area (Å²) in [4.78, 5) is 11.9. The molecule has 0 aliphatic carbocycles. The molecule has 0 radical (unpaired) electrons. The Kier molecular flexibility index (Phi) is 3.85. The molecule has 0 aliphatic rings. The number of benzene rings is 2. The molecular formula is C14H11BrFNO2. The summed E-state index contributed by atoms with van der Waals surface area (Å²) in [6, 6.07) is 9.28. The molecule has 0 unspecified atom stereocenters. The van der Waals surface area contributed by atoms with Gasteiger partial charge in [0.15, 0.2) is 0 Å². The van der Waals surface area contributed by atoms with Crippen molar-refractivity contribution in [2.24, 2.45) is 0 Å². The van der Waals surface area contributed by atoms with Crippen LogP contribution in [-0.4, -0.2) is 11.0 Å². The van der Waals surface area contributed by atoms with E-state index in [-0.39, 0.29) is 21.5 Å². The van der Waals surface area contributed by atoms with Gasteiger partial charge in [-0.2, -0.15) is 0 Å². The zero-order chi connectivity index (χ0) is 14.0. The minimum Gasteiger partial charge on any atom is -0.506 e. The predicted molar refractivity (Wildman–Crippen MR) is 74.9 cm³/mol. The van der Waals surface area contributed by atoms with Crippen molar-refractivity contribution in [1.82, 2.24) is 0 Å². The van der Waals surface area contributed by atoms with Gasteiger partial charge in [-0.1, -0.05) is 12.1 Å². The molecule has 3 nitrogen and oxygen atoms in total. The summed E-state index contributed by atoms with van der Waals surface area (Å²) in [6.07, 6.45) is 0. The second kappa shape index (κ2) is 5.40. The Morgan fingerprint density at radius 3 is 2.74 bits per heavy atom. The number of nitrogens with one attached hydrogen (secondary N) is 1. The van der Waals surface area contributed by atoms with Crippen molar-refractivity contribution in [3.63, 3.8) is 0 Å². The van der Waals surface area contributed by atoms with Gasteiger partial charge in [0.1, 0.15) is 11.6 Å². The van der Waals surface area contributed by atoms with Crippen molar-refractivity contribution in [2.45, 2.75) is 6.92 Å². The predicted octanol–water partition coefficient (Wildman–Crippen LogP) is 3.85. The second-order valence-electron chi connectivity index (χ2n) is 4.08. The fraction of sp³-hybridized carbons (Fsp3) is 0.0714. The van der Waals surface area contributed by atoms with Gasteiger partial charge in [-0.05, 0) is 52.7 Å². The molecule has 0 fully saturated rings. The van der Waals surface area contributed by atoms with Gasteiger partial charge in [0, 0.05) is 0 Å². The van der Waals surface area contributed by atoms with E-state index in [1.54, 1.807) is 18.2 Å². The quantitative estimate of drug-likeness (QED) is 0.824. The van der Waals surface area contributed by atoms with E-state index in [1.165, 1.54) is 18.2 Å². The molecule has 1 amide bonds. The molecule has 0 aromatic heterocycles. The van der Waals surface area contributed by atoms with Crippen LogP contribution in [0, 0.1) is 12.7 Å². The number of hydrogen-bond donors (Lipinski definition) is 2. The van der Waals surface area contributed by atoms with Gasteiger partial charge in [0.2, 0.25) is 0 Å². The van der Waals surface area contributed by atoms with Crippen molar-refractivity contribution in [1.29, 1.82) is 0 Å². The van der Waals surface area contributed by atoms with Crippen molar-refractivity contribution in [3.8, 4) is 5.75 Å². The molecule has 0 heterocycles. The smallest absolute Gasteiger partial charge is 0.258 e. The van der Waals surface area contributed by atoms with Gasteiger partial charge in [-0.25, -0.2) is 4.39 Å². The van der Waals surface area contributed by atoms with Gasteiger partial charge >= 0.3 is 0 Å². The van der Waals surface area contributed by atoms with E-state index in [0.717, 1.165) is 5.56 Å². The molecule has 19 heavy (non-hydrogen) atoms. The topological polar surface area (TPSA) is 49.3 Å². The zero-order valence-corrected chi connectivity index (χ0v) is 11.7. The summed E-state index contributed by atoms with van der Waals surface area (Å²) in [6.45, 7) is 1.82. The molecule has 0 spiro atoms. The van der Waals surface area contributed by atoms with E-state index in [1.807, 2.05) is 6.92 Å². The number of phenolic OH excluding ortho intramolecular Hbond substituents is 1. The lowest BCUT2D eigenvalue weighted by atomic mass is 10.1. The maximum absolute atomic E-state index is 13.7. The molecule has 2 aromatic rings. The lowest BCUT2D eigenvalue weighted by molar-refractivity contribution is 0.102. The summed E-state index contributed by atoms with van der Waals surface area (Å²) in [7, 11) is 0. The zero-order valence-electron chi connectivity index (χ0n) is 10.1. The molecular weight excluding hydrogens is 313 g/mol. The highest BCUT2D eigenvalue weighted by Gasteiger charge is 2.15. The number of carbonyl (C=O) groups is 1. The van der Waals surface area contributed by atoms with E-state index in [9.17, 15) is 14.3 Å². The van der Waals surface area contributed by atoms with E-state index >= 15 is 0 Å². The number of anilines is 1. The first-order chi connectivity index (χ1) is 8.99. The van der Waals surface area contributed by atoms with Crippen molar-refractivity contribution >= 4 is 27.5 Å². The van der Waals surface area contributed by atoms with Gasteiger partial charge < -0.3 is 10.4 Å². The van der Waals surface area contributed by atoms with Crippen molar-refractivity contribution in [3.05, 3.63) is 57.8 Å². The third-order valence-corrected chi connectivity index (χ3v) is 3.21. The largest absolute Gasteiger partial charge is 0.506 e. The first-order valence-electron chi connectivity index (χ1n) is 5.54. The Bertz CT molecular complexity index is 643. The van der Waals surface area contributed by atoms with E-state index in [4.69, 9.17) is 0 Å². The maximum Gasteiger partial charge on any atom is 0.258 e. The van der Waals surface area contributed by atoms with Crippen LogP contribution in [0.3, 0.4) is 0 Å². The number of phenols is 1. The molecule has 2 rings (SSSR count). The van der Waals surface area contributed by atoms with Crippen LogP contribution in [-0.2, 0) is 0 Å². The lowest BCUT2D eigenvalue weighted by Crippen LogP contribution is -2.14. The van der Waals surface area contributed by atoms with E-state index in [0.29, 0.717) is 0 Å². The molecule has 98 valence electrons. The Morgan fingerprint density at radius 1 is 1.32 bits per heavy atom. The van der Waals surface area contributed by atoms with E-state index < -0.39 is 11.7 Å². The first kappa shape index (κ1) is 13.5. The van der Waals surface area contributed by atoms with Gasteiger partial charge in [0.25, 0.3) is 5.91 Å². The number of aromatic hydroxyl groups is 1. The van der Waals surface area contributed by atoms with Crippen LogP contribution in [0.5, 0.6) is 5.75 Å². The van der Waals surface area contributed by atoms with Gasteiger partial charge in [-0.15, -0.1) is 0 Å². The van der Waals surface area contributed by atoms with Crippen molar-refractivity contribution < 1.29 is 14.3 Å². The van der Waals surface area contributed by atoms with Crippen LogP contribution in [0.4, 0.5) is 10.1 Å². The summed E-state index contributed by atoms with van der Waals surface area (Å²) < 4.78 is 14.0. The highest BCUT2D eigenvalue weighted by atomic mass is 79.9. The third-order valence-electron chi connectivity index (χ3n) is 2.60. The van der Waals surface area contributed by atoms with Crippen LogP contribution in [0.1, 0.15) is 15.9 Å². The Balaban J connectivity index is 2.28. The lowest BCUT2D eigenvalue weighted by Gasteiger charge is -2.09. The molecule has 0 atom stereocenters. The fourth-order valence-electron chi connectivity index (χ4n) is 1.62. The average Bonchev–Trinajstić information content (AvgIpc) is 2.36. The Morgan fingerprint density at radius 2 is 2.05 bits per heavy atom. The molecule has 0 saturated heterocycles. The minimum atomic E-state index is -0.633. The number of halogens is 2. The summed E-state index contributed by atoms with van der Waals surface area (Å²) in [5.74, 6) is -1.30. The molecule has 2 aromatic carbocycles. The second-order valence-corrected chi connectivity index (χ2v) is 4.93. The van der Waals surface area contributed by atoms with Crippen LogP contribution in [0.15, 0.2) is 40.9 Å². The van der Waals surface area contributed by atoms with Crippen LogP contribution in [0.2, 0.25) is 0 Å². The number of aryl methyl sites for hydroxylation is 1. The minimum absolute atomic E-state index is 0.0521. The average molecular weight is 324 g/mol. The normalized spacial score (nSPS) is 10.3. The summed E-state index contributed by atoms with van der Waals surface area (Å²) in [5, 5.41) is 12.2. The fourth-order valence-corrected chi connectivity index (χ4v) is 1.98. The Hall–Kier alpha value is -1.88. The summed E-state index contributed by atoms with van der Waals surface area (Å²) in [5.41, 5.74) is 1.02. The Labute approximate surface area is 118 Å². The van der Waals surface area contributed by atoms with Gasteiger partial charge in [-0.3, -0.25) is 4.79 Å². The number of carbonyl (C=O) groups excluding carboxylic acids is 1. The van der Waals surface area contributed by atoms with Crippen LogP contribution in [0.25, 0.3) is 0 Å². The van der Waals surface area contributed by atoms with E-state index in [2.05, 4.69) is 21.2 Å². The van der Waals surface area contributed by atoms with Crippen molar-refractivity contribution in [2.75, 3.05) is 5.32 Å². The SMILES string of the molecule is Cc1ccc(NC(=O)c2cccc(Br)c2F)c(O)c1. The molecule has 0 aliphatic heterocycles. The number of hydrogen-bond acceptors (Lipinski definition) is 2. The molecule has 0 saturated carbocycles. The molecule has 0 bridgehead atoms. The highest BCUT2D eigenvalue weighted by Crippen LogP contribution is 2.25. The summed E-state index contributed by atoms with van der Waals surface area (Å²) >= 11 is 3.02. The highest BCUT2D eigenvalue weighted by molar-refractivity contribution is 9.10. The molecule has 2 N–H and O–H groups in total. The number of amides is 1. The maximum atomic E-state index is 13.7. The monoisotopic (exact) mass is 323 g/mol. The standard InChI is InChI=1S/C14H11BrFNO2/c1-8-5-6-11(12(18)7-8)17-14(19)9-3-2-4-10(15)13(9)16/h2-7,18H,1H3,(H,17,19). The third kappa shape index (κ3) is 2.93.